The molecule has 2 heterocycles. The van der Waals surface area contributed by atoms with E-state index in [0.29, 0.717) is 0 Å². The second-order valence-corrected chi connectivity index (χ2v) is 9.12. The molecular weight excluding hydrogens is 342 g/mol. The number of likely N-dealkylation sites (tertiary alicyclic amines) is 1. The monoisotopic (exact) mass is 383 g/mol. The molecule has 1 atom stereocenters. The topological polar surface area (TPSA) is 45.2 Å². The smallest absolute Gasteiger partial charge is 0.410 e. The van der Waals surface area contributed by atoms with Crippen molar-refractivity contribution in [2.75, 3.05) is 59.5 Å². The highest BCUT2D eigenvalue weighted by Gasteiger charge is 2.39. The van der Waals surface area contributed by atoms with Crippen molar-refractivity contribution in [3.05, 3.63) is 0 Å². The van der Waals surface area contributed by atoms with Gasteiger partial charge < -0.3 is 14.4 Å². The molecule has 27 heavy (non-hydrogen) atoms. The largest absolute Gasteiger partial charge is 0.444 e. The third kappa shape index (κ3) is 6.61. The number of hydrogen-bond acceptors (Lipinski definition) is 5. The van der Waals surface area contributed by atoms with Crippen LogP contribution in [0.1, 0.15) is 59.8 Å². The molecular formula is C21H41N3O3. The Bertz CT molecular complexity index is 458. The van der Waals surface area contributed by atoms with Gasteiger partial charge in [0.2, 0.25) is 0 Å². The number of carbonyl (C=O) groups excluding carboxylic acids is 1. The first kappa shape index (κ1) is 22.4. The molecule has 0 aliphatic carbocycles. The maximum absolute atomic E-state index is 12.5. The second-order valence-electron chi connectivity index (χ2n) is 9.12. The zero-order chi connectivity index (χ0) is 19.9. The van der Waals surface area contributed by atoms with Crippen LogP contribution in [0.25, 0.3) is 0 Å². The van der Waals surface area contributed by atoms with Crippen LogP contribution in [-0.4, -0.2) is 91.5 Å². The second kappa shape index (κ2) is 10.1. The predicted molar refractivity (Wildman–Crippen MR) is 109 cm³/mol. The van der Waals surface area contributed by atoms with Gasteiger partial charge in [-0.15, -0.1) is 0 Å². The van der Waals surface area contributed by atoms with Crippen LogP contribution in [0.4, 0.5) is 4.79 Å². The van der Waals surface area contributed by atoms with E-state index >= 15 is 0 Å². The van der Waals surface area contributed by atoms with E-state index in [4.69, 9.17) is 9.47 Å². The molecule has 0 bridgehead atoms. The van der Waals surface area contributed by atoms with Crippen LogP contribution >= 0.6 is 0 Å². The first-order valence-corrected chi connectivity index (χ1v) is 10.7. The predicted octanol–water partition coefficient (Wildman–Crippen LogP) is 3.21. The quantitative estimate of drug-likeness (QED) is 0.705. The Balaban J connectivity index is 1.97. The van der Waals surface area contributed by atoms with Gasteiger partial charge in [-0.1, -0.05) is 13.3 Å². The Morgan fingerprint density at radius 1 is 1.04 bits per heavy atom. The molecule has 0 aromatic carbocycles. The number of piperazine rings is 1. The SMILES string of the molecule is CCCC1(N2CCN(CCOC)CC2)CCCN(C(=O)OC(C)(C)C)CC1. The molecule has 6 heteroatoms. The molecule has 6 nitrogen and oxygen atoms in total. The van der Waals surface area contributed by atoms with Gasteiger partial charge in [-0.05, 0) is 46.5 Å². The summed E-state index contributed by atoms with van der Waals surface area (Å²) in [7, 11) is 1.77. The molecule has 0 spiro atoms. The molecule has 1 amide bonds. The molecule has 0 aromatic heterocycles. The van der Waals surface area contributed by atoms with Crippen LogP contribution in [0, 0.1) is 0 Å². The van der Waals surface area contributed by atoms with E-state index in [1.165, 1.54) is 19.3 Å². The Kier molecular flexibility index (Phi) is 8.38. The van der Waals surface area contributed by atoms with Crippen molar-refractivity contribution in [1.82, 2.24) is 14.7 Å². The van der Waals surface area contributed by atoms with E-state index < -0.39 is 5.60 Å². The van der Waals surface area contributed by atoms with E-state index in [9.17, 15) is 4.79 Å². The summed E-state index contributed by atoms with van der Waals surface area (Å²) in [5.74, 6) is 0. The lowest BCUT2D eigenvalue weighted by Crippen LogP contribution is -2.57. The van der Waals surface area contributed by atoms with Gasteiger partial charge in [0, 0.05) is 58.5 Å². The highest BCUT2D eigenvalue weighted by atomic mass is 16.6. The van der Waals surface area contributed by atoms with Crippen molar-refractivity contribution < 1.29 is 14.3 Å². The molecule has 2 fully saturated rings. The summed E-state index contributed by atoms with van der Waals surface area (Å²) in [6.07, 6.45) is 5.54. The van der Waals surface area contributed by atoms with Crippen molar-refractivity contribution in [1.29, 1.82) is 0 Å². The number of rotatable bonds is 6. The van der Waals surface area contributed by atoms with Crippen molar-refractivity contribution in [2.45, 2.75) is 70.9 Å². The number of amides is 1. The van der Waals surface area contributed by atoms with Crippen LogP contribution in [-0.2, 0) is 9.47 Å². The zero-order valence-corrected chi connectivity index (χ0v) is 18.3. The van der Waals surface area contributed by atoms with Gasteiger partial charge in [-0.3, -0.25) is 9.80 Å². The normalized spacial score (nSPS) is 26.0. The minimum absolute atomic E-state index is 0.154. The molecule has 2 saturated heterocycles. The molecule has 158 valence electrons. The average Bonchev–Trinajstić information content (AvgIpc) is 2.83. The van der Waals surface area contributed by atoms with Crippen molar-refractivity contribution >= 4 is 6.09 Å². The van der Waals surface area contributed by atoms with E-state index in [-0.39, 0.29) is 11.6 Å². The first-order chi connectivity index (χ1) is 12.8. The van der Waals surface area contributed by atoms with Crippen LogP contribution in [0.3, 0.4) is 0 Å². The van der Waals surface area contributed by atoms with Gasteiger partial charge in [0.1, 0.15) is 5.60 Å². The van der Waals surface area contributed by atoms with Crippen LogP contribution < -0.4 is 0 Å². The fraction of sp³-hybridized carbons (Fsp3) is 0.952. The number of carbonyl (C=O) groups is 1. The fourth-order valence-corrected chi connectivity index (χ4v) is 4.54. The molecule has 0 radical (unpaired) electrons. The minimum Gasteiger partial charge on any atom is -0.444 e. The lowest BCUT2D eigenvalue weighted by Gasteiger charge is -2.48. The highest BCUT2D eigenvalue weighted by molar-refractivity contribution is 5.68. The lowest BCUT2D eigenvalue weighted by atomic mass is 9.83. The van der Waals surface area contributed by atoms with Crippen molar-refractivity contribution in [2.24, 2.45) is 0 Å². The molecule has 0 aromatic rings. The number of ether oxygens (including phenoxy) is 2. The Hall–Kier alpha value is -0.850. The maximum atomic E-state index is 12.5. The van der Waals surface area contributed by atoms with E-state index in [1.54, 1.807) is 7.11 Å². The van der Waals surface area contributed by atoms with E-state index in [2.05, 4.69) is 16.7 Å². The molecule has 2 aliphatic heterocycles. The molecule has 0 N–H and O–H groups in total. The summed E-state index contributed by atoms with van der Waals surface area (Å²) in [6.45, 7) is 16.0. The lowest BCUT2D eigenvalue weighted by molar-refractivity contribution is 0.00639. The highest BCUT2D eigenvalue weighted by Crippen LogP contribution is 2.34. The van der Waals surface area contributed by atoms with Crippen molar-refractivity contribution in [3.8, 4) is 0 Å². The molecule has 1 unspecified atom stereocenters. The summed E-state index contributed by atoms with van der Waals surface area (Å²) < 4.78 is 10.8. The van der Waals surface area contributed by atoms with Gasteiger partial charge in [0.25, 0.3) is 0 Å². The Labute approximate surface area is 166 Å². The standard InChI is InChI=1S/C21H41N3O3/c1-6-8-21(24-15-13-22(14-16-24)17-18-26-5)9-7-11-23(12-10-21)19(25)27-20(2,3)4/h6-18H2,1-5H3. The van der Waals surface area contributed by atoms with E-state index in [0.717, 1.165) is 65.3 Å². The fourth-order valence-electron chi connectivity index (χ4n) is 4.54. The molecule has 0 saturated carbocycles. The molecule has 2 rings (SSSR count). The Morgan fingerprint density at radius 2 is 1.74 bits per heavy atom. The number of nitrogens with zero attached hydrogens (tertiary/aromatic N) is 3. The van der Waals surface area contributed by atoms with E-state index in [1.807, 2.05) is 25.7 Å². The van der Waals surface area contributed by atoms with Crippen LogP contribution in [0.15, 0.2) is 0 Å². The number of methoxy groups -OCH3 is 1. The van der Waals surface area contributed by atoms with Gasteiger partial charge in [0.05, 0.1) is 6.61 Å². The van der Waals surface area contributed by atoms with Gasteiger partial charge in [0.15, 0.2) is 0 Å². The summed E-state index contributed by atoms with van der Waals surface area (Å²) in [4.78, 5) is 19.7. The summed E-state index contributed by atoms with van der Waals surface area (Å²) in [5.41, 5.74) is -0.193. The van der Waals surface area contributed by atoms with Gasteiger partial charge in [-0.2, -0.15) is 0 Å². The summed E-state index contributed by atoms with van der Waals surface area (Å²) in [5, 5.41) is 0. The average molecular weight is 384 g/mol. The molecule has 2 aliphatic rings. The van der Waals surface area contributed by atoms with Gasteiger partial charge in [-0.25, -0.2) is 4.79 Å². The van der Waals surface area contributed by atoms with Crippen molar-refractivity contribution in [3.63, 3.8) is 0 Å². The third-order valence-electron chi connectivity index (χ3n) is 5.94. The number of hydrogen-bond donors (Lipinski definition) is 0. The minimum atomic E-state index is -0.428. The summed E-state index contributed by atoms with van der Waals surface area (Å²) >= 11 is 0. The van der Waals surface area contributed by atoms with Crippen LogP contribution in [0.5, 0.6) is 0 Å². The summed E-state index contributed by atoms with van der Waals surface area (Å²) in [6, 6.07) is 0. The zero-order valence-electron chi connectivity index (χ0n) is 18.3. The Morgan fingerprint density at radius 3 is 2.33 bits per heavy atom. The van der Waals surface area contributed by atoms with Crippen LogP contribution in [0.2, 0.25) is 0 Å². The van der Waals surface area contributed by atoms with Gasteiger partial charge >= 0.3 is 6.09 Å². The first-order valence-electron chi connectivity index (χ1n) is 10.7. The third-order valence-corrected chi connectivity index (χ3v) is 5.94. The maximum Gasteiger partial charge on any atom is 0.410 e.